The van der Waals surface area contributed by atoms with Gasteiger partial charge in [-0.1, -0.05) is 333 Å². The monoisotopic (exact) mass is 1180 g/mol. The first-order valence-corrected chi connectivity index (χ1v) is 36.8. The van der Waals surface area contributed by atoms with E-state index in [0.29, 0.717) is 12.8 Å². The van der Waals surface area contributed by atoms with Crippen molar-refractivity contribution in [2.75, 3.05) is 0 Å². The van der Waals surface area contributed by atoms with Crippen LogP contribution in [0, 0.1) is 0 Å². The summed E-state index contributed by atoms with van der Waals surface area (Å²) in [6.45, 7) is 9.05. The zero-order valence-corrected chi connectivity index (χ0v) is 56.5. The molecule has 0 fully saturated rings. The smallest absolute Gasteiger partial charge is 0.744 e. The van der Waals surface area contributed by atoms with Crippen molar-refractivity contribution in [3.63, 3.8) is 0 Å². The molecule has 6 nitrogen and oxygen atoms in total. The number of benzene rings is 4. The molecule has 0 aromatic heterocycles. The van der Waals surface area contributed by atoms with E-state index in [1.165, 1.54) is 267 Å². The Bertz CT molecular complexity index is 2230. The molecule has 0 unspecified atom stereocenters. The fourth-order valence-corrected chi connectivity index (χ4v) is 13.5. The average Bonchev–Trinajstić information content (AvgIpc) is 3.48. The summed E-state index contributed by atoms with van der Waals surface area (Å²) in [6, 6.07) is 19.5. The van der Waals surface area contributed by atoms with Gasteiger partial charge in [0.2, 0.25) is 0 Å². The molecular weight excluding hydrogens is 1060 g/mol. The number of fused-ring (bicyclic) bond motifs is 2. The predicted molar refractivity (Wildman–Crippen MR) is 350 cm³/mol. The van der Waals surface area contributed by atoms with Gasteiger partial charge in [-0.25, -0.2) is 16.8 Å². The minimum Gasteiger partial charge on any atom is -0.744 e. The van der Waals surface area contributed by atoms with Crippen molar-refractivity contribution >= 4 is 79.5 Å². The largest absolute Gasteiger partial charge is 2.00 e. The van der Waals surface area contributed by atoms with Gasteiger partial charge in [-0.05, 0) is 107 Å². The van der Waals surface area contributed by atoms with E-state index in [0.717, 1.165) is 84.0 Å². The molecule has 0 bridgehead atoms. The van der Waals surface area contributed by atoms with Crippen molar-refractivity contribution in [2.24, 2.45) is 0 Å². The van der Waals surface area contributed by atoms with E-state index < -0.39 is 20.2 Å². The average molecular weight is 1180 g/mol. The van der Waals surface area contributed by atoms with Gasteiger partial charge in [-0.15, -0.1) is 0 Å². The van der Waals surface area contributed by atoms with E-state index in [1.54, 1.807) is 12.1 Å². The third-order valence-electron chi connectivity index (χ3n) is 17.0. The molecule has 0 saturated heterocycles. The Hall–Kier alpha value is -1.52. The van der Waals surface area contributed by atoms with Crippen molar-refractivity contribution in [3.8, 4) is 0 Å². The van der Waals surface area contributed by atoms with Crippen molar-refractivity contribution in [3.05, 3.63) is 82.9 Å². The molecule has 81 heavy (non-hydrogen) atoms. The summed E-state index contributed by atoms with van der Waals surface area (Å²) in [6.07, 6.45) is 60.3. The first kappa shape index (κ1) is 75.6. The van der Waals surface area contributed by atoms with Gasteiger partial charge in [0.25, 0.3) is 0 Å². The van der Waals surface area contributed by atoms with Crippen LogP contribution in [0.1, 0.15) is 332 Å². The molecule has 0 spiro atoms. The Labute approximate surface area is 529 Å². The molecule has 0 N–H and O–H groups in total. The topological polar surface area (TPSA) is 114 Å². The molecule has 0 aliphatic rings. The summed E-state index contributed by atoms with van der Waals surface area (Å²) < 4.78 is 72.7. The van der Waals surface area contributed by atoms with Crippen molar-refractivity contribution in [1.82, 2.24) is 0 Å². The Morgan fingerprint density at radius 1 is 0.272 bits per heavy atom. The summed E-state index contributed by atoms with van der Waals surface area (Å²) in [5.41, 5.74) is 3.99. The van der Waals surface area contributed by atoms with E-state index >= 15 is 0 Å². The van der Waals surface area contributed by atoms with Gasteiger partial charge in [-0.3, -0.25) is 0 Å². The molecule has 0 atom stereocenters. The standard InChI is InChI=1S/2C36H60O3S.Ca/c2*1-3-5-7-9-11-13-15-17-19-21-23-25-32-27-28-33-29-30-36(40(37,38)39)34(35(33)31-32)26-24-22-20-18-16-14-12-10-8-6-4-2;/h2*27-31H,3-26H2,1-2H3,(H,37,38,39);/q;;+2/p-2. The maximum Gasteiger partial charge on any atom is 2.00 e. The molecule has 456 valence electrons. The first-order valence-electron chi connectivity index (χ1n) is 33.9. The van der Waals surface area contributed by atoms with Gasteiger partial charge in [0.05, 0.1) is 9.79 Å². The number of hydrogen-bond donors (Lipinski definition) is 0. The van der Waals surface area contributed by atoms with Crippen LogP contribution in [0.5, 0.6) is 0 Å². The predicted octanol–water partition coefficient (Wildman–Crippen LogP) is 22.5. The molecule has 0 aliphatic carbocycles. The van der Waals surface area contributed by atoms with E-state index in [4.69, 9.17) is 0 Å². The van der Waals surface area contributed by atoms with Gasteiger partial charge < -0.3 is 9.11 Å². The fourth-order valence-electron chi connectivity index (χ4n) is 12.0. The van der Waals surface area contributed by atoms with Gasteiger partial charge in [0.1, 0.15) is 20.2 Å². The molecule has 0 amide bonds. The molecular formula is C72H118CaO6S2. The Morgan fingerprint density at radius 2 is 0.469 bits per heavy atom. The molecule has 0 saturated carbocycles. The van der Waals surface area contributed by atoms with Crippen molar-refractivity contribution < 1.29 is 25.9 Å². The minimum atomic E-state index is -4.49. The fraction of sp³-hybridized carbons (Fsp3) is 0.722. The Morgan fingerprint density at radius 3 is 0.691 bits per heavy atom. The quantitative estimate of drug-likeness (QED) is 0.0247. The van der Waals surface area contributed by atoms with Gasteiger partial charge in [-0.2, -0.15) is 0 Å². The van der Waals surface area contributed by atoms with Crippen LogP contribution in [0.4, 0.5) is 0 Å². The summed E-state index contributed by atoms with van der Waals surface area (Å²) in [5.74, 6) is 0. The van der Waals surface area contributed by atoms with Crippen LogP contribution in [0.3, 0.4) is 0 Å². The Kier molecular flexibility index (Phi) is 45.3. The van der Waals surface area contributed by atoms with Gasteiger partial charge in [0.15, 0.2) is 0 Å². The maximum absolute atomic E-state index is 12.1. The zero-order valence-electron chi connectivity index (χ0n) is 52.7. The molecule has 0 aliphatic heterocycles. The van der Waals surface area contributed by atoms with Crippen LogP contribution >= 0.6 is 0 Å². The summed E-state index contributed by atoms with van der Waals surface area (Å²) in [4.78, 5) is -0.0298. The molecule has 0 heterocycles. The second-order valence-electron chi connectivity index (χ2n) is 24.2. The maximum atomic E-state index is 12.1. The van der Waals surface area contributed by atoms with Crippen LogP contribution in [-0.4, -0.2) is 63.7 Å². The van der Waals surface area contributed by atoms with E-state index in [9.17, 15) is 25.9 Å². The van der Waals surface area contributed by atoms with E-state index in [2.05, 4.69) is 64.1 Å². The first-order chi connectivity index (χ1) is 38.9. The summed E-state index contributed by atoms with van der Waals surface area (Å²) >= 11 is 0. The number of unbranched alkanes of at least 4 members (excludes halogenated alkanes) is 40. The van der Waals surface area contributed by atoms with Crippen LogP contribution in [0.2, 0.25) is 0 Å². The van der Waals surface area contributed by atoms with E-state index in [1.807, 2.05) is 0 Å². The summed E-state index contributed by atoms with van der Waals surface area (Å²) in [5, 5.41) is 4.00. The van der Waals surface area contributed by atoms with Crippen molar-refractivity contribution in [1.29, 1.82) is 0 Å². The number of hydrogen-bond acceptors (Lipinski definition) is 6. The zero-order chi connectivity index (χ0) is 57.8. The molecule has 4 aromatic carbocycles. The van der Waals surface area contributed by atoms with Crippen LogP contribution in [-0.2, 0) is 45.9 Å². The second kappa shape index (κ2) is 48.6. The van der Waals surface area contributed by atoms with Crippen LogP contribution in [0.25, 0.3) is 21.5 Å². The minimum absolute atomic E-state index is 0. The Balaban J connectivity index is 0.000000547. The molecule has 0 radical (unpaired) electrons. The second-order valence-corrected chi connectivity index (χ2v) is 26.9. The van der Waals surface area contributed by atoms with E-state index in [-0.39, 0.29) is 47.5 Å². The molecule has 4 rings (SSSR count). The normalized spacial score (nSPS) is 11.8. The number of rotatable bonds is 50. The molecule has 4 aromatic rings. The van der Waals surface area contributed by atoms with Crippen LogP contribution < -0.4 is 0 Å². The molecule has 9 heteroatoms. The third-order valence-corrected chi connectivity index (χ3v) is 18.9. The number of aryl methyl sites for hydroxylation is 4. The third kappa shape index (κ3) is 35.0. The van der Waals surface area contributed by atoms with Crippen LogP contribution in [0.15, 0.2) is 70.5 Å². The SMILES string of the molecule is CCCCCCCCCCCCCc1ccc2ccc(S(=O)(=O)[O-])c(CCCCCCCCCCCCC)c2c1.CCCCCCCCCCCCCc1ccc2ccc(S(=O)(=O)[O-])c(CCCCCCCCCCCCC)c2c1.[Ca+2]. The summed E-state index contributed by atoms with van der Waals surface area (Å²) in [7, 11) is -8.98. The van der Waals surface area contributed by atoms with Crippen molar-refractivity contribution in [2.45, 2.75) is 346 Å². The van der Waals surface area contributed by atoms with Gasteiger partial charge in [0, 0.05) is 0 Å². The van der Waals surface area contributed by atoms with Gasteiger partial charge >= 0.3 is 37.7 Å².